The molecule has 2 aromatic heterocycles. The van der Waals surface area contributed by atoms with Crippen LogP contribution in [0.3, 0.4) is 0 Å². The summed E-state index contributed by atoms with van der Waals surface area (Å²) in [4.78, 5) is 28.3. The van der Waals surface area contributed by atoms with Crippen molar-refractivity contribution in [3.63, 3.8) is 0 Å². The predicted octanol–water partition coefficient (Wildman–Crippen LogP) is 3.34. The fraction of sp³-hybridized carbons (Fsp3) is 0.238. The molecule has 0 unspecified atom stereocenters. The molecule has 0 spiro atoms. The maximum atomic E-state index is 12.2. The van der Waals surface area contributed by atoms with Gasteiger partial charge in [-0.3, -0.25) is 14.6 Å². The molecule has 2 heterocycles. The second-order valence-corrected chi connectivity index (χ2v) is 6.55. The molecule has 3 rings (SSSR count). The van der Waals surface area contributed by atoms with Gasteiger partial charge in [0, 0.05) is 42.7 Å². The van der Waals surface area contributed by atoms with E-state index in [0.717, 1.165) is 22.4 Å². The number of carbonyl (C=O) groups excluding carboxylic acids is 1. The molecule has 1 amide bonds. The molecular weight excluding hydrogens is 340 g/mol. The zero-order chi connectivity index (χ0) is 19.2. The van der Waals surface area contributed by atoms with Crippen LogP contribution in [0.1, 0.15) is 24.0 Å². The molecule has 138 valence electrons. The summed E-state index contributed by atoms with van der Waals surface area (Å²) in [5.74, 6) is -0.0727. The van der Waals surface area contributed by atoms with E-state index < -0.39 is 0 Å². The molecule has 0 atom stereocenters. The summed E-state index contributed by atoms with van der Waals surface area (Å²) in [5, 5.41) is 7.29. The zero-order valence-corrected chi connectivity index (χ0v) is 15.5. The monoisotopic (exact) mass is 362 g/mol. The lowest BCUT2D eigenvalue weighted by molar-refractivity contribution is -0.116. The molecule has 1 aromatic carbocycles. The van der Waals surface area contributed by atoms with E-state index >= 15 is 0 Å². The SMILES string of the molecule is Cc1cc(C)cc(NC(=O)CCCn2nc(-c3cccnc3)ccc2=O)c1. The second-order valence-electron chi connectivity index (χ2n) is 6.55. The molecule has 1 N–H and O–H groups in total. The first-order valence-corrected chi connectivity index (χ1v) is 8.88. The first-order valence-electron chi connectivity index (χ1n) is 8.88. The summed E-state index contributed by atoms with van der Waals surface area (Å²) in [7, 11) is 0. The standard InChI is InChI=1S/C21H22N4O2/c1-15-11-16(2)13-18(12-15)23-20(26)6-4-10-25-21(27)8-7-19(24-25)17-5-3-9-22-14-17/h3,5,7-9,11-14H,4,6,10H2,1-2H3,(H,23,26). The number of aromatic nitrogens is 3. The Balaban J connectivity index is 1.60. The van der Waals surface area contributed by atoms with Crippen LogP contribution in [0, 0.1) is 13.8 Å². The normalized spacial score (nSPS) is 10.6. The van der Waals surface area contributed by atoms with Crippen molar-refractivity contribution in [2.45, 2.75) is 33.2 Å². The minimum absolute atomic E-state index is 0.0727. The Hall–Kier alpha value is -3.28. The molecule has 6 heteroatoms. The maximum absolute atomic E-state index is 12.2. The minimum atomic E-state index is -0.183. The van der Waals surface area contributed by atoms with Crippen LogP contribution in [-0.4, -0.2) is 20.7 Å². The van der Waals surface area contributed by atoms with E-state index in [1.54, 1.807) is 18.5 Å². The summed E-state index contributed by atoms with van der Waals surface area (Å²) >= 11 is 0. The number of hydrogen-bond donors (Lipinski definition) is 1. The van der Waals surface area contributed by atoms with Crippen LogP contribution >= 0.6 is 0 Å². The highest BCUT2D eigenvalue weighted by Gasteiger charge is 2.07. The summed E-state index contributed by atoms with van der Waals surface area (Å²) < 4.78 is 1.40. The smallest absolute Gasteiger partial charge is 0.266 e. The number of aryl methyl sites for hydroxylation is 3. The van der Waals surface area contributed by atoms with Crippen molar-refractivity contribution >= 4 is 11.6 Å². The second kappa shape index (κ2) is 8.40. The van der Waals surface area contributed by atoms with Gasteiger partial charge >= 0.3 is 0 Å². The van der Waals surface area contributed by atoms with Gasteiger partial charge in [-0.05, 0) is 61.7 Å². The number of benzene rings is 1. The lowest BCUT2D eigenvalue weighted by atomic mass is 10.1. The number of carbonyl (C=O) groups is 1. The highest BCUT2D eigenvalue weighted by atomic mass is 16.1. The van der Waals surface area contributed by atoms with E-state index in [0.29, 0.717) is 25.1 Å². The van der Waals surface area contributed by atoms with Gasteiger partial charge in [0.15, 0.2) is 0 Å². The van der Waals surface area contributed by atoms with E-state index in [9.17, 15) is 9.59 Å². The molecule has 3 aromatic rings. The molecule has 0 aliphatic rings. The Morgan fingerprint density at radius 2 is 1.89 bits per heavy atom. The molecule has 27 heavy (non-hydrogen) atoms. The Morgan fingerprint density at radius 1 is 1.11 bits per heavy atom. The van der Waals surface area contributed by atoms with Crippen molar-refractivity contribution in [1.29, 1.82) is 0 Å². The topological polar surface area (TPSA) is 76.9 Å². The van der Waals surface area contributed by atoms with Crippen molar-refractivity contribution in [2.24, 2.45) is 0 Å². The van der Waals surface area contributed by atoms with Crippen molar-refractivity contribution in [3.05, 3.63) is 76.3 Å². The lowest BCUT2D eigenvalue weighted by Crippen LogP contribution is -2.23. The van der Waals surface area contributed by atoms with Crippen LogP contribution in [0.2, 0.25) is 0 Å². The number of nitrogens with one attached hydrogen (secondary N) is 1. The third kappa shape index (κ3) is 5.10. The van der Waals surface area contributed by atoms with Gasteiger partial charge in [-0.1, -0.05) is 6.07 Å². The van der Waals surface area contributed by atoms with E-state index in [-0.39, 0.29) is 11.5 Å². The summed E-state index contributed by atoms with van der Waals surface area (Å²) in [5.41, 5.74) is 4.35. The summed E-state index contributed by atoms with van der Waals surface area (Å²) in [6, 6.07) is 12.8. The Bertz CT molecular complexity index is 976. The van der Waals surface area contributed by atoms with Crippen LogP contribution in [0.5, 0.6) is 0 Å². The third-order valence-corrected chi connectivity index (χ3v) is 4.10. The average molecular weight is 362 g/mol. The van der Waals surface area contributed by atoms with Gasteiger partial charge < -0.3 is 5.32 Å². The first-order chi connectivity index (χ1) is 13.0. The number of nitrogens with zero attached hydrogens (tertiary/aromatic N) is 3. The van der Waals surface area contributed by atoms with Gasteiger partial charge in [0.1, 0.15) is 0 Å². The number of amides is 1. The van der Waals surface area contributed by atoms with E-state index in [2.05, 4.69) is 21.5 Å². The summed E-state index contributed by atoms with van der Waals surface area (Å²) in [6.07, 6.45) is 4.24. The van der Waals surface area contributed by atoms with Crippen LogP contribution in [0.15, 0.2) is 59.7 Å². The maximum Gasteiger partial charge on any atom is 0.266 e. The minimum Gasteiger partial charge on any atom is -0.326 e. The Kier molecular flexibility index (Phi) is 5.76. The van der Waals surface area contributed by atoms with Crippen LogP contribution in [0.25, 0.3) is 11.3 Å². The van der Waals surface area contributed by atoms with E-state index in [1.165, 1.54) is 10.7 Å². The number of rotatable bonds is 6. The summed E-state index contributed by atoms with van der Waals surface area (Å²) in [6.45, 7) is 4.37. The molecule has 0 saturated heterocycles. The van der Waals surface area contributed by atoms with Crippen LogP contribution < -0.4 is 10.9 Å². The average Bonchev–Trinajstić information content (AvgIpc) is 2.63. The molecule has 6 nitrogen and oxygen atoms in total. The Morgan fingerprint density at radius 3 is 2.59 bits per heavy atom. The molecule has 0 aliphatic heterocycles. The third-order valence-electron chi connectivity index (χ3n) is 4.10. The van der Waals surface area contributed by atoms with Crippen molar-refractivity contribution in [1.82, 2.24) is 14.8 Å². The van der Waals surface area contributed by atoms with E-state index in [4.69, 9.17) is 0 Å². The number of pyridine rings is 1. The van der Waals surface area contributed by atoms with Gasteiger partial charge in [0.2, 0.25) is 5.91 Å². The van der Waals surface area contributed by atoms with Gasteiger partial charge in [-0.15, -0.1) is 0 Å². The quantitative estimate of drug-likeness (QED) is 0.730. The fourth-order valence-electron chi connectivity index (χ4n) is 2.94. The Labute approximate surface area is 157 Å². The van der Waals surface area contributed by atoms with Gasteiger partial charge in [-0.25, -0.2) is 4.68 Å². The number of anilines is 1. The molecule has 0 saturated carbocycles. The highest BCUT2D eigenvalue weighted by Crippen LogP contribution is 2.15. The zero-order valence-electron chi connectivity index (χ0n) is 15.5. The highest BCUT2D eigenvalue weighted by molar-refractivity contribution is 5.90. The molecule has 0 fully saturated rings. The van der Waals surface area contributed by atoms with E-state index in [1.807, 2.05) is 38.1 Å². The molecular formula is C21H22N4O2. The number of hydrogen-bond acceptors (Lipinski definition) is 4. The van der Waals surface area contributed by atoms with Gasteiger partial charge in [-0.2, -0.15) is 5.10 Å². The molecule has 0 aliphatic carbocycles. The largest absolute Gasteiger partial charge is 0.326 e. The van der Waals surface area contributed by atoms with Crippen LogP contribution in [-0.2, 0) is 11.3 Å². The van der Waals surface area contributed by atoms with Crippen LogP contribution in [0.4, 0.5) is 5.69 Å². The van der Waals surface area contributed by atoms with Crippen molar-refractivity contribution < 1.29 is 4.79 Å². The predicted molar refractivity (Wildman–Crippen MR) is 106 cm³/mol. The molecule has 0 radical (unpaired) electrons. The lowest BCUT2D eigenvalue weighted by Gasteiger charge is -2.09. The molecule has 0 bridgehead atoms. The fourth-order valence-corrected chi connectivity index (χ4v) is 2.94. The first kappa shape index (κ1) is 18.5. The van der Waals surface area contributed by atoms with Gasteiger partial charge in [0.25, 0.3) is 5.56 Å². The van der Waals surface area contributed by atoms with Gasteiger partial charge in [0.05, 0.1) is 5.69 Å². The van der Waals surface area contributed by atoms with Crippen molar-refractivity contribution in [2.75, 3.05) is 5.32 Å². The van der Waals surface area contributed by atoms with Crippen molar-refractivity contribution in [3.8, 4) is 11.3 Å².